The Morgan fingerprint density at radius 3 is 2.38 bits per heavy atom. The second kappa shape index (κ2) is 6.97. The highest BCUT2D eigenvalue weighted by molar-refractivity contribution is 6.31. The molecular weight excluding hydrogens is 282 g/mol. The molecule has 0 saturated carbocycles. The van der Waals surface area contributed by atoms with Gasteiger partial charge in [-0.25, -0.2) is 0 Å². The highest BCUT2D eigenvalue weighted by atomic mass is 35.5. The minimum Gasteiger partial charge on any atom is -0.490 e. The van der Waals surface area contributed by atoms with Gasteiger partial charge >= 0.3 is 0 Å². The molecule has 1 unspecified atom stereocenters. The number of benzene rings is 2. The van der Waals surface area contributed by atoms with Crippen molar-refractivity contribution in [2.24, 2.45) is 0 Å². The molecule has 0 fully saturated rings. The molecule has 0 spiro atoms. The molecule has 2 rings (SSSR count). The van der Waals surface area contributed by atoms with Crippen molar-refractivity contribution in [3.63, 3.8) is 0 Å². The molecule has 2 aromatic rings. The molecule has 0 amide bonds. The molecule has 0 saturated heterocycles. The summed E-state index contributed by atoms with van der Waals surface area (Å²) in [5, 5.41) is 3.98. The van der Waals surface area contributed by atoms with Crippen molar-refractivity contribution < 1.29 is 4.74 Å². The summed E-state index contributed by atoms with van der Waals surface area (Å²) in [6.45, 7) is 6.15. The quantitative estimate of drug-likeness (QED) is 0.832. The van der Waals surface area contributed by atoms with Gasteiger partial charge in [0.05, 0.1) is 6.10 Å². The number of ether oxygens (including phenoxy) is 1. The van der Waals surface area contributed by atoms with E-state index in [1.807, 2.05) is 45.2 Å². The van der Waals surface area contributed by atoms with E-state index in [1.165, 1.54) is 0 Å². The molecule has 0 bridgehead atoms. The predicted octanol–water partition coefficient (Wildman–Crippen LogP) is 5.07. The molecule has 2 aromatic carbocycles. The fraction of sp³-hybridized carbons (Fsp3) is 0.333. The Labute approximate surface area is 132 Å². The smallest absolute Gasteiger partial charge is 0.127 e. The van der Waals surface area contributed by atoms with Crippen molar-refractivity contribution in [3.8, 4) is 16.9 Å². The van der Waals surface area contributed by atoms with Crippen molar-refractivity contribution in [2.45, 2.75) is 32.9 Å². The minimum absolute atomic E-state index is 0.144. The van der Waals surface area contributed by atoms with Crippen LogP contribution in [-0.4, -0.2) is 13.2 Å². The molecule has 0 heterocycles. The van der Waals surface area contributed by atoms with E-state index in [2.05, 4.69) is 30.4 Å². The predicted molar refractivity (Wildman–Crippen MR) is 90.1 cm³/mol. The van der Waals surface area contributed by atoms with E-state index in [4.69, 9.17) is 16.3 Å². The second-order valence-corrected chi connectivity index (χ2v) is 5.82. The van der Waals surface area contributed by atoms with Crippen LogP contribution in [0.5, 0.6) is 5.75 Å². The molecule has 1 N–H and O–H groups in total. The summed E-state index contributed by atoms with van der Waals surface area (Å²) in [5.41, 5.74) is 3.24. The van der Waals surface area contributed by atoms with Gasteiger partial charge in [0.1, 0.15) is 5.75 Å². The van der Waals surface area contributed by atoms with Crippen LogP contribution < -0.4 is 10.1 Å². The molecule has 2 nitrogen and oxygen atoms in total. The van der Waals surface area contributed by atoms with Gasteiger partial charge in [0.15, 0.2) is 0 Å². The van der Waals surface area contributed by atoms with Gasteiger partial charge in [-0.15, -0.1) is 0 Å². The van der Waals surface area contributed by atoms with Crippen LogP contribution in [0.25, 0.3) is 11.1 Å². The largest absolute Gasteiger partial charge is 0.490 e. The van der Waals surface area contributed by atoms with Crippen molar-refractivity contribution in [1.29, 1.82) is 0 Å². The van der Waals surface area contributed by atoms with Gasteiger partial charge in [0.2, 0.25) is 0 Å². The van der Waals surface area contributed by atoms with Crippen LogP contribution in [0.15, 0.2) is 42.5 Å². The van der Waals surface area contributed by atoms with Gasteiger partial charge in [-0.2, -0.15) is 0 Å². The molecule has 0 aliphatic rings. The number of para-hydroxylation sites is 1. The fourth-order valence-electron chi connectivity index (χ4n) is 2.26. The molecule has 0 aromatic heterocycles. The van der Waals surface area contributed by atoms with E-state index in [-0.39, 0.29) is 12.1 Å². The maximum absolute atomic E-state index is 6.43. The molecule has 1 atom stereocenters. The first kappa shape index (κ1) is 15.9. The first-order valence-corrected chi connectivity index (χ1v) is 7.63. The van der Waals surface area contributed by atoms with E-state index in [0.717, 1.165) is 27.5 Å². The van der Waals surface area contributed by atoms with E-state index in [0.29, 0.717) is 0 Å². The first-order valence-electron chi connectivity index (χ1n) is 7.25. The topological polar surface area (TPSA) is 21.3 Å². The van der Waals surface area contributed by atoms with Gasteiger partial charge in [-0.3, -0.25) is 0 Å². The molecule has 0 aliphatic carbocycles. The van der Waals surface area contributed by atoms with Crippen molar-refractivity contribution in [2.75, 3.05) is 7.05 Å². The van der Waals surface area contributed by atoms with Crippen molar-refractivity contribution >= 4 is 11.6 Å². The highest BCUT2D eigenvalue weighted by Gasteiger charge is 2.12. The van der Waals surface area contributed by atoms with Gasteiger partial charge in [-0.1, -0.05) is 41.9 Å². The van der Waals surface area contributed by atoms with Crippen LogP contribution in [-0.2, 0) is 0 Å². The zero-order valence-corrected chi connectivity index (χ0v) is 13.7. The Bertz CT molecular complexity index is 610. The average Bonchev–Trinajstić information content (AvgIpc) is 2.46. The second-order valence-electron chi connectivity index (χ2n) is 5.41. The molecule has 21 heavy (non-hydrogen) atoms. The van der Waals surface area contributed by atoms with Gasteiger partial charge in [0, 0.05) is 16.6 Å². The molecule has 0 radical (unpaired) electrons. The Balaban J connectivity index is 2.41. The summed E-state index contributed by atoms with van der Waals surface area (Å²) >= 11 is 6.43. The highest BCUT2D eigenvalue weighted by Crippen LogP contribution is 2.34. The lowest BCUT2D eigenvalue weighted by atomic mass is 10.0. The van der Waals surface area contributed by atoms with Crippen LogP contribution >= 0.6 is 11.6 Å². The maximum Gasteiger partial charge on any atom is 0.127 e. The van der Waals surface area contributed by atoms with E-state index >= 15 is 0 Å². The summed E-state index contributed by atoms with van der Waals surface area (Å²) in [6, 6.07) is 14.5. The summed E-state index contributed by atoms with van der Waals surface area (Å²) < 4.78 is 5.88. The first-order chi connectivity index (χ1) is 10.0. The Morgan fingerprint density at radius 2 is 1.76 bits per heavy atom. The minimum atomic E-state index is 0.144. The Kier molecular flexibility index (Phi) is 5.27. The molecule has 112 valence electrons. The third-order valence-corrected chi connectivity index (χ3v) is 3.79. The van der Waals surface area contributed by atoms with E-state index in [9.17, 15) is 0 Å². The summed E-state index contributed by atoms with van der Waals surface area (Å²) in [6.07, 6.45) is 0.144. The average molecular weight is 304 g/mol. The number of hydrogen-bond acceptors (Lipinski definition) is 2. The van der Waals surface area contributed by atoms with Gasteiger partial charge in [0.25, 0.3) is 0 Å². The normalized spacial score (nSPS) is 12.5. The van der Waals surface area contributed by atoms with Crippen LogP contribution in [0, 0.1) is 0 Å². The van der Waals surface area contributed by atoms with Crippen LogP contribution in [0.1, 0.15) is 32.4 Å². The molecule has 3 heteroatoms. The van der Waals surface area contributed by atoms with Crippen molar-refractivity contribution in [3.05, 3.63) is 53.1 Å². The molecule has 0 aliphatic heterocycles. The Morgan fingerprint density at radius 1 is 1.05 bits per heavy atom. The third-order valence-electron chi connectivity index (χ3n) is 3.46. The number of halogens is 1. The summed E-state index contributed by atoms with van der Waals surface area (Å²) in [5.74, 6) is 0.887. The third kappa shape index (κ3) is 3.78. The summed E-state index contributed by atoms with van der Waals surface area (Å²) in [4.78, 5) is 0. The van der Waals surface area contributed by atoms with Gasteiger partial charge < -0.3 is 10.1 Å². The number of hydrogen-bond donors (Lipinski definition) is 1. The monoisotopic (exact) mass is 303 g/mol. The van der Waals surface area contributed by atoms with E-state index in [1.54, 1.807) is 0 Å². The number of rotatable bonds is 5. The van der Waals surface area contributed by atoms with Crippen molar-refractivity contribution in [1.82, 2.24) is 5.32 Å². The SMILES string of the molecule is CNC(C)c1ccc(-c2ccccc2OC(C)C)cc1Cl. The fourth-order valence-corrected chi connectivity index (χ4v) is 2.61. The standard InChI is InChI=1S/C18H22ClNO/c1-12(2)21-18-8-6-5-7-16(18)14-9-10-15(13(3)20-4)17(19)11-14/h5-13,20H,1-4H3. The van der Waals surface area contributed by atoms with Crippen LogP contribution in [0.2, 0.25) is 5.02 Å². The maximum atomic E-state index is 6.43. The lowest BCUT2D eigenvalue weighted by Gasteiger charge is -2.16. The number of nitrogens with one attached hydrogen (secondary N) is 1. The summed E-state index contributed by atoms with van der Waals surface area (Å²) in [7, 11) is 1.93. The zero-order chi connectivity index (χ0) is 15.4. The van der Waals surface area contributed by atoms with Gasteiger partial charge in [-0.05, 0) is 51.1 Å². The van der Waals surface area contributed by atoms with Crippen LogP contribution in [0.4, 0.5) is 0 Å². The van der Waals surface area contributed by atoms with E-state index < -0.39 is 0 Å². The lowest BCUT2D eigenvalue weighted by Crippen LogP contribution is -2.12. The molecular formula is C18H22ClNO. The lowest BCUT2D eigenvalue weighted by molar-refractivity contribution is 0.243. The zero-order valence-electron chi connectivity index (χ0n) is 13.0. The Hall–Kier alpha value is -1.51. The van der Waals surface area contributed by atoms with Crippen LogP contribution in [0.3, 0.4) is 0 Å².